The number of aryl methyl sites for hydroxylation is 2. The van der Waals surface area contributed by atoms with Crippen molar-refractivity contribution in [2.45, 2.75) is 38.8 Å². The van der Waals surface area contributed by atoms with Crippen molar-refractivity contribution in [2.75, 3.05) is 33.7 Å². The molecule has 0 saturated carbocycles. The Labute approximate surface area is 123 Å². The van der Waals surface area contributed by atoms with Gasteiger partial charge < -0.3 is 15.5 Å². The molecule has 20 heavy (non-hydrogen) atoms. The molecule has 3 nitrogen and oxygen atoms in total. The van der Waals surface area contributed by atoms with Crippen LogP contribution < -0.4 is 5.73 Å². The lowest BCUT2D eigenvalue weighted by atomic mass is 9.95. The summed E-state index contributed by atoms with van der Waals surface area (Å²) in [5.41, 5.74) is 10.6. The number of nitrogens with two attached hydrogens (primary N) is 1. The molecule has 0 aromatic heterocycles. The van der Waals surface area contributed by atoms with E-state index in [1.807, 2.05) is 0 Å². The van der Waals surface area contributed by atoms with Crippen LogP contribution >= 0.6 is 0 Å². The predicted molar refractivity (Wildman–Crippen MR) is 86.1 cm³/mol. The third-order valence-corrected chi connectivity index (χ3v) is 4.57. The van der Waals surface area contributed by atoms with Crippen molar-refractivity contribution in [1.29, 1.82) is 0 Å². The number of rotatable bonds is 3. The molecule has 1 aromatic rings. The minimum atomic E-state index is 0.195. The van der Waals surface area contributed by atoms with E-state index in [9.17, 15) is 0 Å². The summed E-state index contributed by atoms with van der Waals surface area (Å²) in [5.74, 6) is 0. The molecular weight excluding hydrogens is 246 g/mol. The van der Waals surface area contributed by atoms with Crippen molar-refractivity contribution in [3.05, 3.63) is 34.9 Å². The first-order valence-electron chi connectivity index (χ1n) is 7.68. The van der Waals surface area contributed by atoms with Crippen LogP contribution in [0, 0.1) is 13.8 Å². The van der Waals surface area contributed by atoms with Gasteiger partial charge >= 0.3 is 0 Å². The number of likely N-dealkylation sites (N-methyl/N-ethyl adjacent to an activating group) is 2. The van der Waals surface area contributed by atoms with Gasteiger partial charge in [0, 0.05) is 18.6 Å². The lowest BCUT2D eigenvalue weighted by Gasteiger charge is -2.32. The fraction of sp³-hybridized carbons (Fsp3) is 0.647. The van der Waals surface area contributed by atoms with Gasteiger partial charge in [-0.1, -0.05) is 23.8 Å². The zero-order valence-electron chi connectivity index (χ0n) is 13.4. The molecule has 2 atom stereocenters. The van der Waals surface area contributed by atoms with E-state index in [4.69, 9.17) is 5.73 Å². The monoisotopic (exact) mass is 275 g/mol. The first-order valence-corrected chi connectivity index (χ1v) is 7.68. The summed E-state index contributed by atoms with van der Waals surface area (Å²) in [7, 11) is 4.42. The van der Waals surface area contributed by atoms with Gasteiger partial charge in [-0.2, -0.15) is 0 Å². The number of nitrogens with zero attached hydrogens (tertiary/aromatic N) is 2. The quantitative estimate of drug-likeness (QED) is 0.913. The van der Waals surface area contributed by atoms with E-state index in [0.717, 1.165) is 19.5 Å². The highest BCUT2D eigenvalue weighted by Crippen LogP contribution is 2.16. The van der Waals surface area contributed by atoms with Crippen molar-refractivity contribution in [3.8, 4) is 0 Å². The first kappa shape index (κ1) is 15.5. The average molecular weight is 275 g/mol. The summed E-state index contributed by atoms with van der Waals surface area (Å²) in [6.45, 7) is 7.74. The normalized spacial score (nSPS) is 23.6. The molecule has 0 bridgehead atoms. The van der Waals surface area contributed by atoms with Crippen LogP contribution in [0.2, 0.25) is 0 Å². The van der Waals surface area contributed by atoms with Gasteiger partial charge in [-0.25, -0.2) is 0 Å². The second-order valence-electron chi connectivity index (χ2n) is 6.46. The van der Waals surface area contributed by atoms with Crippen LogP contribution in [0.4, 0.5) is 0 Å². The van der Waals surface area contributed by atoms with Gasteiger partial charge in [-0.05, 0) is 65.0 Å². The Balaban J connectivity index is 2.09. The second-order valence-corrected chi connectivity index (χ2v) is 6.46. The van der Waals surface area contributed by atoms with Gasteiger partial charge in [0.05, 0.1) is 0 Å². The Bertz CT molecular complexity index is 444. The van der Waals surface area contributed by atoms with Crippen LogP contribution in [0.1, 0.15) is 23.1 Å². The van der Waals surface area contributed by atoms with Crippen molar-refractivity contribution >= 4 is 0 Å². The van der Waals surface area contributed by atoms with E-state index in [2.05, 4.69) is 55.9 Å². The molecule has 1 aromatic carbocycles. The highest BCUT2D eigenvalue weighted by Gasteiger charge is 2.26. The third-order valence-electron chi connectivity index (χ3n) is 4.57. The van der Waals surface area contributed by atoms with Crippen LogP contribution in [-0.4, -0.2) is 55.6 Å². The molecule has 1 aliphatic rings. The highest BCUT2D eigenvalue weighted by molar-refractivity contribution is 5.31. The predicted octanol–water partition coefficient (Wildman–Crippen LogP) is 1.81. The van der Waals surface area contributed by atoms with Crippen molar-refractivity contribution < 1.29 is 0 Å². The molecular formula is C17H29N3. The van der Waals surface area contributed by atoms with E-state index in [1.54, 1.807) is 0 Å². The third kappa shape index (κ3) is 3.81. The van der Waals surface area contributed by atoms with Crippen LogP contribution in [0.25, 0.3) is 0 Å². The maximum atomic E-state index is 6.55. The van der Waals surface area contributed by atoms with E-state index < -0.39 is 0 Å². The van der Waals surface area contributed by atoms with Crippen molar-refractivity contribution in [3.63, 3.8) is 0 Å². The lowest BCUT2D eigenvalue weighted by Crippen LogP contribution is -2.51. The topological polar surface area (TPSA) is 32.5 Å². The maximum absolute atomic E-state index is 6.55. The zero-order valence-corrected chi connectivity index (χ0v) is 13.4. The summed E-state index contributed by atoms with van der Waals surface area (Å²) in [6, 6.07) is 7.31. The molecule has 0 aliphatic carbocycles. The van der Waals surface area contributed by atoms with E-state index in [-0.39, 0.29) is 6.04 Å². The summed E-state index contributed by atoms with van der Waals surface area (Å²) in [4.78, 5) is 4.86. The summed E-state index contributed by atoms with van der Waals surface area (Å²) in [6.07, 6.45) is 2.20. The van der Waals surface area contributed by atoms with Gasteiger partial charge in [0.25, 0.3) is 0 Å². The average Bonchev–Trinajstić information content (AvgIpc) is 2.55. The van der Waals surface area contributed by atoms with Crippen LogP contribution in [0.15, 0.2) is 18.2 Å². The Morgan fingerprint density at radius 2 is 2.00 bits per heavy atom. The van der Waals surface area contributed by atoms with Crippen LogP contribution in [0.3, 0.4) is 0 Å². The maximum Gasteiger partial charge on any atom is 0.0374 e. The molecule has 0 radical (unpaired) electrons. The summed E-state index contributed by atoms with van der Waals surface area (Å²) < 4.78 is 0. The Morgan fingerprint density at radius 1 is 1.25 bits per heavy atom. The van der Waals surface area contributed by atoms with Gasteiger partial charge in [0.1, 0.15) is 0 Å². The zero-order chi connectivity index (χ0) is 14.7. The highest BCUT2D eigenvalue weighted by atomic mass is 15.2. The summed E-state index contributed by atoms with van der Waals surface area (Å²) >= 11 is 0. The first-order chi connectivity index (χ1) is 9.47. The molecule has 1 aliphatic heterocycles. The molecule has 2 N–H and O–H groups in total. The lowest BCUT2D eigenvalue weighted by molar-refractivity contribution is 0.195. The van der Waals surface area contributed by atoms with E-state index >= 15 is 0 Å². The van der Waals surface area contributed by atoms with Crippen molar-refractivity contribution in [1.82, 2.24) is 9.80 Å². The van der Waals surface area contributed by atoms with Crippen LogP contribution in [0.5, 0.6) is 0 Å². The standard InChI is InChI=1S/C17H29N3/c1-13-6-7-14(2)15(10-13)11-16(18)17-12-19(3)8-5-9-20(17)4/h6-7,10,16-17H,5,8-9,11-12,18H2,1-4H3. The summed E-state index contributed by atoms with van der Waals surface area (Å²) in [5, 5.41) is 0. The Morgan fingerprint density at radius 3 is 2.75 bits per heavy atom. The Kier molecular flexibility index (Phi) is 5.19. The molecule has 1 fully saturated rings. The number of hydrogen-bond acceptors (Lipinski definition) is 3. The minimum absolute atomic E-state index is 0.195. The van der Waals surface area contributed by atoms with Gasteiger partial charge in [-0.15, -0.1) is 0 Å². The van der Waals surface area contributed by atoms with Gasteiger partial charge in [0.15, 0.2) is 0 Å². The van der Waals surface area contributed by atoms with E-state index in [0.29, 0.717) is 6.04 Å². The fourth-order valence-electron chi connectivity index (χ4n) is 3.18. The molecule has 1 heterocycles. The molecule has 3 heteroatoms. The number of hydrogen-bond donors (Lipinski definition) is 1. The largest absolute Gasteiger partial charge is 0.326 e. The molecule has 0 amide bonds. The number of benzene rings is 1. The smallest absolute Gasteiger partial charge is 0.0374 e. The van der Waals surface area contributed by atoms with Crippen molar-refractivity contribution in [2.24, 2.45) is 5.73 Å². The SMILES string of the molecule is Cc1ccc(C)c(CC(N)C2CN(C)CCCN2C)c1. The molecule has 2 unspecified atom stereocenters. The molecule has 2 rings (SSSR count). The Hall–Kier alpha value is -0.900. The molecule has 0 spiro atoms. The van der Waals surface area contributed by atoms with Gasteiger partial charge in [-0.3, -0.25) is 0 Å². The van der Waals surface area contributed by atoms with Gasteiger partial charge in [0.2, 0.25) is 0 Å². The van der Waals surface area contributed by atoms with E-state index in [1.165, 1.54) is 29.7 Å². The van der Waals surface area contributed by atoms with Crippen LogP contribution in [-0.2, 0) is 6.42 Å². The minimum Gasteiger partial charge on any atom is -0.326 e. The molecule has 112 valence electrons. The molecule has 1 saturated heterocycles. The second kappa shape index (κ2) is 6.70. The fourth-order valence-corrected chi connectivity index (χ4v) is 3.18.